The van der Waals surface area contributed by atoms with Crippen molar-refractivity contribution in [3.05, 3.63) is 36.4 Å². The Kier molecular flexibility index (Phi) is 3.82. The zero-order valence-corrected chi connectivity index (χ0v) is 10.6. The normalized spacial score (nSPS) is 11.5. The van der Waals surface area contributed by atoms with Gasteiger partial charge in [0.15, 0.2) is 0 Å². The molecule has 88 valence electrons. The van der Waals surface area contributed by atoms with Crippen LogP contribution in [-0.2, 0) is 0 Å². The fraction of sp³-hybridized carbons (Fsp3) is 0.250. The molecule has 0 amide bonds. The highest BCUT2D eigenvalue weighted by Crippen LogP contribution is 2.28. The monoisotopic (exact) mass is 247 g/mol. The number of rotatable bonds is 4. The molecule has 17 heavy (non-hydrogen) atoms. The SMILES string of the molecule is CC=C(CC)Oc1nsnc1-c1ccncc1. The Balaban J connectivity index is 2.29. The first-order valence-corrected chi connectivity index (χ1v) is 6.14. The lowest BCUT2D eigenvalue weighted by Crippen LogP contribution is -1.95. The lowest BCUT2D eigenvalue weighted by atomic mass is 10.2. The predicted octanol–water partition coefficient (Wildman–Crippen LogP) is 3.29. The average Bonchev–Trinajstić information content (AvgIpc) is 2.85. The summed E-state index contributed by atoms with van der Waals surface area (Å²) in [5, 5.41) is 0. The van der Waals surface area contributed by atoms with Gasteiger partial charge < -0.3 is 4.74 Å². The van der Waals surface area contributed by atoms with Crippen LogP contribution in [0.5, 0.6) is 5.88 Å². The van der Waals surface area contributed by atoms with Crippen LogP contribution in [0.4, 0.5) is 0 Å². The van der Waals surface area contributed by atoms with Crippen molar-refractivity contribution >= 4 is 11.7 Å². The van der Waals surface area contributed by atoms with Gasteiger partial charge in [-0.25, -0.2) is 0 Å². The molecule has 4 nitrogen and oxygen atoms in total. The number of nitrogens with zero attached hydrogens (tertiary/aromatic N) is 3. The van der Waals surface area contributed by atoms with Gasteiger partial charge >= 0.3 is 0 Å². The molecule has 0 unspecified atom stereocenters. The van der Waals surface area contributed by atoms with Crippen molar-refractivity contribution in [2.45, 2.75) is 20.3 Å². The molecule has 2 rings (SSSR count). The van der Waals surface area contributed by atoms with E-state index in [-0.39, 0.29) is 0 Å². The Labute approximate surface area is 104 Å². The first kappa shape index (κ1) is 11.7. The summed E-state index contributed by atoms with van der Waals surface area (Å²) in [6, 6.07) is 3.79. The van der Waals surface area contributed by atoms with E-state index in [9.17, 15) is 0 Å². The first-order valence-electron chi connectivity index (χ1n) is 5.41. The molecular formula is C12H13N3OS. The molecule has 0 saturated carbocycles. The third-order valence-electron chi connectivity index (χ3n) is 2.31. The number of allylic oxidation sites excluding steroid dienone is 2. The molecule has 0 atom stereocenters. The second-order valence-corrected chi connectivity index (χ2v) is 3.89. The summed E-state index contributed by atoms with van der Waals surface area (Å²) in [5.74, 6) is 1.46. The molecular weight excluding hydrogens is 234 g/mol. The first-order chi connectivity index (χ1) is 8.35. The molecule has 2 aromatic rings. The highest BCUT2D eigenvalue weighted by molar-refractivity contribution is 6.99. The number of hydrogen-bond acceptors (Lipinski definition) is 5. The average molecular weight is 247 g/mol. The van der Waals surface area contributed by atoms with E-state index in [1.165, 1.54) is 0 Å². The summed E-state index contributed by atoms with van der Waals surface area (Å²) in [4.78, 5) is 3.98. The van der Waals surface area contributed by atoms with Crippen molar-refractivity contribution in [2.24, 2.45) is 0 Å². The number of pyridine rings is 1. The van der Waals surface area contributed by atoms with Gasteiger partial charge in [0, 0.05) is 24.4 Å². The van der Waals surface area contributed by atoms with Crippen molar-refractivity contribution in [1.29, 1.82) is 0 Å². The minimum absolute atomic E-state index is 0.566. The third-order valence-corrected chi connectivity index (χ3v) is 2.82. The standard InChI is InChI=1S/C12H13N3OS/c1-3-10(4-2)16-12-11(14-17-15-12)9-5-7-13-8-6-9/h3,5-8H,4H2,1-2H3. The van der Waals surface area contributed by atoms with E-state index in [2.05, 4.69) is 13.7 Å². The quantitative estimate of drug-likeness (QED) is 0.778. The van der Waals surface area contributed by atoms with Gasteiger partial charge in [-0.1, -0.05) is 6.92 Å². The van der Waals surface area contributed by atoms with Crippen molar-refractivity contribution in [2.75, 3.05) is 0 Å². The van der Waals surface area contributed by atoms with Crippen LogP contribution in [-0.4, -0.2) is 13.7 Å². The van der Waals surface area contributed by atoms with Gasteiger partial charge in [-0.2, -0.15) is 4.37 Å². The molecule has 5 heteroatoms. The number of aromatic nitrogens is 3. The maximum Gasteiger partial charge on any atom is 0.259 e. The predicted molar refractivity (Wildman–Crippen MR) is 67.8 cm³/mol. The van der Waals surface area contributed by atoms with Gasteiger partial charge in [-0.3, -0.25) is 4.98 Å². The number of ether oxygens (including phenoxy) is 1. The molecule has 2 aromatic heterocycles. The third kappa shape index (κ3) is 2.68. The summed E-state index contributed by atoms with van der Waals surface area (Å²) in [6.45, 7) is 3.99. The maximum absolute atomic E-state index is 5.72. The van der Waals surface area contributed by atoms with Crippen LogP contribution in [0.3, 0.4) is 0 Å². The van der Waals surface area contributed by atoms with E-state index in [4.69, 9.17) is 4.74 Å². The van der Waals surface area contributed by atoms with Crippen molar-refractivity contribution in [3.8, 4) is 17.1 Å². The van der Waals surface area contributed by atoms with Crippen LogP contribution in [0.25, 0.3) is 11.3 Å². The van der Waals surface area contributed by atoms with E-state index < -0.39 is 0 Å². The van der Waals surface area contributed by atoms with Crippen molar-refractivity contribution in [1.82, 2.24) is 13.7 Å². The Bertz CT molecular complexity index is 507. The van der Waals surface area contributed by atoms with Crippen LogP contribution < -0.4 is 4.74 Å². The van der Waals surface area contributed by atoms with Crippen LogP contribution >= 0.6 is 11.7 Å². The van der Waals surface area contributed by atoms with E-state index in [1.807, 2.05) is 32.1 Å². The van der Waals surface area contributed by atoms with Gasteiger partial charge in [0.1, 0.15) is 11.5 Å². The van der Waals surface area contributed by atoms with E-state index in [0.717, 1.165) is 35.2 Å². The molecule has 0 radical (unpaired) electrons. The van der Waals surface area contributed by atoms with Crippen molar-refractivity contribution < 1.29 is 4.74 Å². The molecule has 0 fully saturated rings. The highest BCUT2D eigenvalue weighted by atomic mass is 32.1. The zero-order chi connectivity index (χ0) is 12.1. The van der Waals surface area contributed by atoms with Gasteiger partial charge in [0.05, 0.1) is 11.7 Å². The van der Waals surface area contributed by atoms with E-state index >= 15 is 0 Å². The Morgan fingerprint density at radius 3 is 2.76 bits per heavy atom. The van der Waals surface area contributed by atoms with Crippen molar-refractivity contribution in [3.63, 3.8) is 0 Å². The molecule has 0 saturated heterocycles. The summed E-state index contributed by atoms with van der Waals surface area (Å²) in [5.41, 5.74) is 1.74. The summed E-state index contributed by atoms with van der Waals surface area (Å²) < 4.78 is 14.1. The zero-order valence-electron chi connectivity index (χ0n) is 9.75. The van der Waals surface area contributed by atoms with Crippen LogP contribution in [0.1, 0.15) is 20.3 Å². The Morgan fingerprint density at radius 2 is 2.12 bits per heavy atom. The second-order valence-electron chi connectivity index (χ2n) is 3.36. The van der Waals surface area contributed by atoms with Crippen LogP contribution in [0.15, 0.2) is 36.4 Å². The van der Waals surface area contributed by atoms with E-state index in [1.54, 1.807) is 12.4 Å². The maximum atomic E-state index is 5.72. The molecule has 2 heterocycles. The molecule has 0 aliphatic rings. The fourth-order valence-corrected chi connectivity index (χ4v) is 1.90. The summed E-state index contributed by atoms with van der Waals surface area (Å²) in [6.07, 6.45) is 6.24. The molecule has 0 spiro atoms. The lowest BCUT2D eigenvalue weighted by Gasteiger charge is -2.05. The Morgan fingerprint density at radius 1 is 1.35 bits per heavy atom. The van der Waals surface area contributed by atoms with Crippen LogP contribution in [0.2, 0.25) is 0 Å². The highest BCUT2D eigenvalue weighted by Gasteiger charge is 2.12. The fourth-order valence-electron chi connectivity index (χ4n) is 1.39. The minimum atomic E-state index is 0.566. The van der Waals surface area contributed by atoms with Gasteiger partial charge in [0.2, 0.25) is 0 Å². The molecule has 0 aromatic carbocycles. The lowest BCUT2D eigenvalue weighted by molar-refractivity contribution is 0.398. The van der Waals surface area contributed by atoms with E-state index in [0.29, 0.717) is 5.88 Å². The molecule has 0 bridgehead atoms. The summed E-state index contributed by atoms with van der Waals surface area (Å²) in [7, 11) is 0. The second kappa shape index (κ2) is 5.54. The minimum Gasteiger partial charge on any atom is -0.441 e. The smallest absolute Gasteiger partial charge is 0.259 e. The van der Waals surface area contributed by atoms with Crippen LogP contribution in [0, 0.1) is 0 Å². The largest absolute Gasteiger partial charge is 0.441 e. The van der Waals surface area contributed by atoms with Gasteiger partial charge in [0.25, 0.3) is 5.88 Å². The topological polar surface area (TPSA) is 47.9 Å². The Hall–Kier alpha value is -1.75. The molecule has 0 aliphatic carbocycles. The van der Waals surface area contributed by atoms with Gasteiger partial charge in [-0.15, -0.1) is 4.37 Å². The summed E-state index contributed by atoms with van der Waals surface area (Å²) >= 11 is 1.15. The number of hydrogen-bond donors (Lipinski definition) is 0. The molecule has 0 N–H and O–H groups in total. The van der Waals surface area contributed by atoms with Gasteiger partial charge in [-0.05, 0) is 25.1 Å². The molecule has 0 aliphatic heterocycles.